The van der Waals surface area contributed by atoms with Crippen LogP contribution < -0.4 is 4.57 Å². The fraction of sp³-hybridized carbons (Fsp3) is 0.250. The van der Waals surface area contributed by atoms with Crippen LogP contribution in [0.5, 0.6) is 0 Å². The third-order valence-corrected chi connectivity index (χ3v) is 5.54. The summed E-state index contributed by atoms with van der Waals surface area (Å²) in [7, 11) is 0. The Hall–Kier alpha value is -1.48. The Bertz CT molecular complexity index is 931. The fourth-order valence-corrected chi connectivity index (χ4v) is 4.17. The summed E-state index contributed by atoms with van der Waals surface area (Å²) in [5.41, 5.74) is 3.44. The van der Waals surface area contributed by atoms with Crippen LogP contribution in [0.25, 0.3) is 11.3 Å². The maximum Gasteiger partial charge on any atom is 0.257 e. The molecule has 0 saturated carbocycles. The fourth-order valence-electron chi connectivity index (χ4n) is 3.52. The number of halogens is 3. The Morgan fingerprint density at radius 2 is 1.80 bits per heavy atom. The van der Waals surface area contributed by atoms with Crippen LogP contribution >= 0.6 is 34.8 Å². The number of hydrogen-bond acceptors (Lipinski definition) is 0. The van der Waals surface area contributed by atoms with Gasteiger partial charge in [0.25, 0.3) is 5.82 Å². The van der Waals surface area contributed by atoms with E-state index in [4.69, 9.17) is 34.8 Å². The van der Waals surface area contributed by atoms with Gasteiger partial charge in [-0.3, -0.25) is 0 Å². The van der Waals surface area contributed by atoms with Crippen molar-refractivity contribution >= 4 is 34.8 Å². The first-order chi connectivity index (χ1) is 12.1. The predicted octanol–water partition coefficient (Wildman–Crippen LogP) is 5.79. The summed E-state index contributed by atoms with van der Waals surface area (Å²) < 4.78 is 4.73. The summed E-state index contributed by atoms with van der Waals surface area (Å²) in [6.45, 7) is 1.78. The van der Waals surface area contributed by atoms with E-state index in [1.54, 1.807) is 6.07 Å². The molecule has 1 aliphatic rings. The van der Waals surface area contributed by atoms with Gasteiger partial charge in [-0.1, -0.05) is 53.0 Å². The van der Waals surface area contributed by atoms with Gasteiger partial charge in [0.05, 0.1) is 6.54 Å². The zero-order valence-corrected chi connectivity index (χ0v) is 16.0. The molecule has 0 atom stereocenters. The highest BCUT2D eigenvalue weighted by molar-refractivity contribution is 6.35. The molecular weight excluding hydrogens is 375 g/mol. The minimum Gasteiger partial charge on any atom is -0.229 e. The minimum absolute atomic E-state index is 0.664. The summed E-state index contributed by atoms with van der Waals surface area (Å²) in [6.07, 6.45) is 5.72. The van der Waals surface area contributed by atoms with Crippen LogP contribution in [-0.2, 0) is 19.5 Å². The molecule has 3 aromatic rings. The Labute approximate surface area is 162 Å². The Kier molecular flexibility index (Phi) is 4.77. The highest BCUT2D eigenvalue weighted by Gasteiger charge is 2.27. The molecule has 2 nitrogen and oxygen atoms in total. The second-order valence-electron chi connectivity index (χ2n) is 6.41. The summed E-state index contributed by atoms with van der Waals surface area (Å²) in [6, 6.07) is 13.8. The first kappa shape index (κ1) is 17.0. The van der Waals surface area contributed by atoms with Crippen molar-refractivity contribution in [1.29, 1.82) is 0 Å². The maximum absolute atomic E-state index is 6.39. The molecule has 25 heavy (non-hydrogen) atoms. The highest BCUT2D eigenvalue weighted by Crippen LogP contribution is 2.27. The van der Waals surface area contributed by atoms with Crippen molar-refractivity contribution in [3.05, 3.63) is 75.1 Å². The van der Waals surface area contributed by atoms with Crippen molar-refractivity contribution in [3.63, 3.8) is 0 Å². The van der Waals surface area contributed by atoms with Gasteiger partial charge in [-0.15, -0.1) is 0 Å². The van der Waals surface area contributed by atoms with E-state index in [0.717, 1.165) is 35.7 Å². The summed E-state index contributed by atoms with van der Waals surface area (Å²) in [4.78, 5) is 0. The lowest BCUT2D eigenvalue weighted by molar-refractivity contribution is -0.695. The Morgan fingerprint density at radius 3 is 2.60 bits per heavy atom. The van der Waals surface area contributed by atoms with Crippen molar-refractivity contribution in [2.75, 3.05) is 0 Å². The molecule has 5 heteroatoms. The number of hydrogen-bond donors (Lipinski definition) is 0. The van der Waals surface area contributed by atoms with Gasteiger partial charge in [-0.05, 0) is 37.1 Å². The van der Waals surface area contributed by atoms with Gasteiger partial charge in [0.2, 0.25) is 0 Å². The van der Waals surface area contributed by atoms with Crippen molar-refractivity contribution in [1.82, 2.24) is 4.57 Å². The van der Waals surface area contributed by atoms with E-state index in [0.29, 0.717) is 10.0 Å². The molecule has 1 aliphatic heterocycles. The van der Waals surface area contributed by atoms with Gasteiger partial charge in [-0.2, -0.15) is 0 Å². The molecular formula is C20H18Cl3N2+. The van der Waals surface area contributed by atoms with E-state index < -0.39 is 0 Å². The largest absolute Gasteiger partial charge is 0.257 e. The van der Waals surface area contributed by atoms with Gasteiger partial charge in [-0.25, -0.2) is 9.13 Å². The van der Waals surface area contributed by atoms with Crippen molar-refractivity contribution in [2.45, 2.75) is 32.4 Å². The topological polar surface area (TPSA) is 8.81 Å². The summed E-state index contributed by atoms with van der Waals surface area (Å²) in [5.74, 6) is 1.34. The molecule has 0 aliphatic carbocycles. The molecule has 128 valence electrons. The molecule has 0 bridgehead atoms. The van der Waals surface area contributed by atoms with Crippen LogP contribution in [0, 0.1) is 0 Å². The first-order valence-electron chi connectivity index (χ1n) is 8.43. The van der Waals surface area contributed by atoms with E-state index in [1.807, 2.05) is 30.3 Å². The van der Waals surface area contributed by atoms with Gasteiger partial charge >= 0.3 is 0 Å². The SMILES string of the molecule is Clc1cccc(-c2c[n+](Cc3ccc(Cl)cc3Cl)c3n2CCCC3)c1. The van der Waals surface area contributed by atoms with Crippen molar-refractivity contribution in [2.24, 2.45) is 0 Å². The molecule has 2 heterocycles. The Balaban J connectivity index is 1.78. The molecule has 4 rings (SSSR count). The minimum atomic E-state index is 0.664. The molecule has 0 radical (unpaired) electrons. The molecule has 0 N–H and O–H groups in total. The second kappa shape index (κ2) is 7.03. The Morgan fingerprint density at radius 1 is 0.960 bits per heavy atom. The summed E-state index contributed by atoms with van der Waals surface area (Å²) >= 11 is 18.6. The van der Waals surface area contributed by atoms with Gasteiger partial charge in [0.1, 0.15) is 12.7 Å². The third kappa shape index (κ3) is 3.44. The lowest BCUT2D eigenvalue weighted by atomic mass is 10.1. The molecule has 0 fully saturated rings. The van der Waals surface area contributed by atoms with E-state index in [-0.39, 0.29) is 0 Å². The van der Waals surface area contributed by atoms with Gasteiger partial charge in [0.15, 0.2) is 5.69 Å². The molecule has 0 unspecified atom stereocenters. The average molecular weight is 393 g/mol. The predicted molar refractivity (Wildman–Crippen MR) is 104 cm³/mol. The number of imidazole rings is 1. The lowest BCUT2D eigenvalue weighted by Gasteiger charge is -2.12. The van der Waals surface area contributed by atoms with Gasteiger partial charge < -0.3 is 0 Å². The number of nitrogens with zero attached hydrogens (tertiary/aromatic N) is 2. The second-order valence-corrected chi connectivity index (χ2v) is 7.69. The average Bonchev–Trinajstić information content (AvgIpc) is 2.96. The van der Waals surface area contributed by atoms with Gasteiger partial charge in [0, 0.05) is 32.6 Å². The molecule has 1 aromatic heterocycles. The smallest absolute Gasteiger partial charge is 0.229 e. The van der Waals surface area contributed by atoms with E-state index >= 15 is 0 Å². The highest BCUT2D eigenvalue weighted by atomic mass is 35.5. The lowest BCUT2D eigenvalue weighted by Crippen LogP contribution is -2.38. The van der Waals surface area contributed by atoms with Crippen molar-refractivity contribution < 1.29 is 4.57 Å². The van der Waals surface area contributed by atoms with Crippen molar-refractivity contribution in [3.8, 4) is 11.3 Å². The van der Waals surface area contributed by atoms with Crippen LogP contribution in [0.1, 0.15) is 24.2 Å². The number of fused-ring (bicyclic) bond motifs is 1. The standard InChI is InChI=1S/C20H18Cl3N2/c21-16-5-3-4-14(10-16)19-13-24(20-6-1-2-9-25(19)20)12-15-7-8-17(22)11-18(15)23/h3-5,7-8,10-11,13H,1-2,6,9,12H2/q+1. The van der Waals surface area contributed by atoms with E-state index in [2.05, 4.69) is 21.4 Å². The maximum atomic E-state index is 6.39. The van der Waals surface area contributed by atoms with E-state index in [9.17, 15) is 0 Å². The van der Waals surface area contributed by atoms with Crippen LogP contribution in [0.15, 0.2) is 48.7 Å². The first-order valence-corrected chi connectivity index (χ1v) is 9.57. The van der Waals surface area contributed by atoms with Crippen LogP contribution in [-0.4, -0.2) is 4.57 Å². The van der Waals surface area contributed by atoms with Crippen LogP contribution in [0.2, 0.25) is 15.1 Å². The normalized spacial score (nSPS) is 13.7. The van der Waals surface area contributed by atoms with E-state index in [1.165, 1.54) is 24.4 Å². The number of rotatable bonds is 3. The zero-order valence-electron chi connectivity index (χ0n) is 13.7. The number of benzene rings is 2. The summed E-state index contributed by atoms with van der Waals surface area (Å²) in [5, 5.41) is 2.13. The molecule has 2 aromatic carbocycles. The molecule has 0 saturated heterocycles. The molecule has 0 spiro atoms. The number of aromatic nitrogens is 2. The third-order valence-electron chi connectivity index (χ3n) is 4.72. The molecule has 0 amide bonds. The van der Waals surface area contributed by atoms with Crippen LogP contribution in [0.4, 0.5) is 0 Å². The zero-order chi connectivity index (χ0) is 17.4. The monoisotopic (exact) mass is 391 g/mol. The quantitative estimate of drug-likeness (QED) is 0.499. The van der Waals surface area contributed by atoms with Crippen LogP contribution in [0.3, 0.4) is 0 Å².